The molecule has 0 radical (unpaired) electrons. The van der Waals surface area contributed by atoms with E-state index in [-0.39, 0.29) is 24.7 Å². The van der Waals surface area contributed by atoms with Crippen molar-refractivity contribution >= 4 is 9.84 Å². The van der Waals surface area contributed by atoms with E-state index in [9.17, 15) is 8.42 Å². The van der Waals surface area contributed by atoms with Gasteiger partial charge < -0.3 is 15.6 Å². The molecule has 0 aliphatic carbocycles. The molecule has 0 fully saturated rings. The normalized spacial score (nSPS) is 14.4. The van der Waals surface area contributed by atoms with Gasteiger partial charge >= 0.3 is 0 Å². The first kappa shape index (κ1) is 12.8. The molecule has 0 spiro atoms. The SMILES string of the molecule is COCCS(=O)(=O)CC(N)CCO. The second-order valence-electron chi connectivity index (χ2n) is 2.88. The zero-order valence-electron chi connectivity index (χ0n) is 7.77. The molecule has 13 heavy (non-hydrogen) atoms. The van der Waals surface area contributed by atoms with E-state index in [0.717, 1.165) is 0 Å². The molecule has 0 aromatic carbocycles. The Morgan fingerprint density at radius 1 is 1.54 bits per heavy atom. The van der Waals surface area contributed by atoms with E-state index in [2.05, 4.69) is 4.74 Å². The van der Waals surface area contributed by atoms with Crippen molar-refractivity contribution in [1.82, 2.24) is 0 Å². The largest absolute Gasteiger partial charge is 0.396 e. The molecule has 0 bridgehead atoms. The molecule has 80 valence electrons. The van der Waals surface area contributed by atoms with E-state index in [4.69, 9.17) is 10.8 Å². The first-order chi connectivity index (χ1) is 6.02. The molecule has 0 aliphatic heterocycles. The number of aliphatic hydroxyl groups is 1. The fourth-order valence-corrected chi connectivity index (χ4v) is 2.28. The minimum absolute atomic E-state index is 0.0113. The Kier molecular flexibility index (Phi) is 6.23. The average Bonchev–Trinajstić information content (AvgIpc) is 2.00. The Hall–Kier alpha value is -0.170. The number of nitrogens with two attached hydrogens (primary N) is 1. The predicted octanol–water partition coefficient (Wildman–Crippen LogP) is -1.24. The highest BCUT2D eigenvalue weighted by atomic mass is 32.2. The molecule has 1 unspecified atom stereocenters. The molecule has 0 rings (SSSR count). The topological polar surface area (TPSA) is 89.6 Å². The van der Waals surface area contributed by atoms with E-state index >= 15 is 0 Å². The lowest BCUT2D eigenvalue weighted by molar-refractivity contribution is 0.217. The second kappa shape index (κ2) is 6.31. The zero-order chi connectivity index (χ0) is 10.3. The van der Waals surface area contributed by atoms with Crippen LogP contribution in [-0.2, 0) is 14.6 Å². The summed E-state index contributed by atoms with van der Waals surface area (Å²) in [4.78, 5) is 0. The van der Waals surface area contributed by atoms with Gasteiger partial charge in [0, 0.05) is 19.8 Å². The van der Waals surface area contributed by atoms with Crippen LogP contribution in [0.25, 0.3) is 0 Å². The van der Waals surface area contributed by atoms with Crippen LogP contribution in [0.3, 0.4) is 0 Å². The molecule has 1 atom stereocenters. The Bertz CT molecular complexity index is 215. The summed E-state index contributed by atoms with van der Waals surface area (Å²) in [6.45, 7) is 0.106. The minimum atomic E-state index is -3.13. The van der Waals surface area contributed by atoms with Crippen molar-refractivity contribution in [3.63, 3.8) is 0 Å². The van der Waals surface area contributed by atoms with Crippen LogP contribution in [0, 0.1) is 0 Å². The third kappa shape index (κ3) is 6.94. The number of methoxy groups -OCH3 is 1. The maximum atomic E-state index is 11.2. The van der Waals surface area contributed by atoms with Crippen molar-refractivity contribution in [3.05, 3.63) is 0 Å². The van der Waals surface area contributed by atoms with Crippen molar-refractivity contribution < 1.29 is 18.3 Å². The van der Waals surface area contributed by atoms with Crippen molar-refractivity contribution in [2.24, 2.45) is 5.73 Å². The number of sulfone groups is 1. The minimum Gasteiger partial charge on any atom is -0.396 e. The van der Waals surface area contributed by atoms with E-state index in [1.54, 1.807) is 0 Å². The van der Waals surface area contributed by atoms with E-state index in [0.29, 0.717) is 6.42 Å². The summed E-state index contributed by atoms with van der Waals surface area (Å²) in [5, 5.41) is 8.51. The summed E-state index contributed by atoms with van der Waals surface area (Å²) in [5.41, 5.74) is 5.46. The van der Waals surface area contributed by atoms with Crippen molar-refractivity contribution in [1.29, 1.82) is 0 Å². The molecule has 0 saturated carbocycles. The van der Waals surface area contributed by atoms with Gasteiger partial charge in [0.2, 0.25) is 0 Å². The highest BCUT2D eigenvalue weighted by Gasteiger charge is 2.15. The molecule has 0 aliphatic rings. The van der Waals surface area contributed by atoms with E-state index in [1.165, 1.54) is 7.11 Å². The molecule has 5 nitrogen and oxygen atoms in total. The quantitative estimate of drug-likeness (QED) is 0.549. The number of rotatable bonds is 7. The van der Waals surface area contributed by atoms with Gasteiger partial charge in [-0.3, -0.25) is 0 Å². The highest BCUT2D eigenvalue weighted by molar-refractivity contribution is 7.91. The van der Waals surface area contributed by atoms with Crippen LogP contribution in [0.5, 0.6) is 0 Å². The molecular weight excluding hydrogens is 194 g/mol. The van der Waals surface area contributed by atoms with Crippen LogP contribution in [0.2, 0.25) is 0 Å². The summed E-state index contributed by atoms with van der Waals surface area (Å²) in [6.07, 6.45) is 0.312. The predicted molar refractivity (Wildman–Crippen MR) is 50.2 cm³/mol. The van der Waals surface area contributed by atoms with Crippen LogP contribution in [0.4, 0.5) is 0 Å². The lowest BCUT2D eigenvalue weighted by Crippen LogP contribution is -2.32. The molecular formula is C7H17NO4S. The third-order valence-electron chi connectivity index (χ3n) is 1.57. The van der Waals surface area contributed by atoms with Gasteiger partial charge in [-0.2, -0.15) is 0 Å². The Morgan fingerprint density at radius 3 is 2.62 bits per heavy atom. The van der Waals surface area contributed by atoms with Crippen LogP contribution < -0.4 is 5.73 Å². The molecule has 0 aromatic heterocycles. The smallest absolute Gasteiger partial charge is 0.154 e. The summed E-state index contributed by atoms with van der Waals surface area (Å²) in [6, 6.07) is -0.480. The van der Waals surface area contributed by atoms with Crippen molar-refractivity contribution in [2.45, 2.75) is 12.5 Å². The zero-order valence-corrected chi connectivity index (χ0v) is 8.59. The summed E-state index contributed by atoms with van der Waals surface area (Å²) < 4.78 is 27.1. The standard InChI is InChI=1S/C7H17NO4S/c1-12-4-5-13(10,11)6-7(8)2-3-9/h7,9H,2-6,8H2,1H3. The summed E-state index contributed by atoms with van der Waals surface area (Å²) >= 11 is 0. The van der Waals surface area contributed by atoms with Gasteiger partial charge in [0.05, 0.1) is 18.1 Å². The van der Waals surface area contributed by atoms with Crippen molar-refractivity contribution in [2.75, 3.05) is 31.8 Å². The van der Waals surface area contributed by atoms with E-state index in [1.807, 2.05) is 0 Å². The van der Waals surface area contributed by atoms with Crippen LogP contribution >= 0.6 is 0 Å². The van der Waals surface area contributed by atoms with Crippen LogP contribution in [0.1, 0.15) is 6.42 Å². The van der Waals surface area contributed by atoms with Gasteiger partial charge in [-0.25, -0.2) is 8.42 Å². The van der Waals surface area contributed by atoms with Gasteiger partial charge in [0.1, 0.15) is 0 Å². The van der Waals surface area contributed by atoms with Crippen molar-refractivity contribution in [3.8, 4) is 0 Å². The molecule has 0 amide bonds. The Morgan fingerprint density at radius 2 is 2.15 bits per heavy atom. The number of hydrogen-bond acceptors (Lipinski definition) is 5. The van der Waals surface area contributed by atoms with Gasteiger partial charge in [-0.15, -0.1) is 0 Å². The maximum absolute atomic E-state index is 11.2. The fourth-order valence-electron chi connectivity index (χ4n) is 0.869. The molecule has 0 saturated heterocycles. The molecule has 0 heterocycles. The van der Waals surface area contributed by atoms with Gasteiger partial charge in [0.15, 0.2) is 9.84 Å². The first-order valence-corrected chi connectivity index (χ1v) is 5.90. The average molecular weight is 211 g/mol. The molecule has 0 aromatic rings. The maximum Gasteiger partial charge on any atom is 0.154 e. The first-order valence-electron chi connectivity index (χ1n) is 4.07. The number of ether oxygens (including phenoxy) is 1. The molecule has 3 N–H and O–H groups in total. The van der Waals surface area contributed by atoms with Crippen LogP contribution in [-0.4, -0.2) is 51.4 Å². The number of aliphatic hydroxyl groups excluding tert-OH is 1. The van der Waals surface area contributed by atoms with Crippen LogP contribution in [0.15, 0.2) is 0 Å². The Labute approximate surface area is 78.8 Å². The Balaban J connectivity index is 3.87. The third-order valence-corrected chi connectivity index (χ3v) is 3.29. The van der Waals surface area contributed by atoms with Gasteiger partial charge in [-0.05, 0) is 6.42 Å². The second-order valence-corrected chi connectivity index (χ2v) is 5.11. The fraction of sp³-hybridized carbons (Fsp3) is 1.00. The lowest BCUT2D eigenvalue weighted by atomic mass is 10.3. The highest BCUT2D eigenvalue weighted by Crippen LogP contribution is 1.96. The summed E-state index contributed by atoms with van der Waals surface area (Å²) in [7, 11) is -1.68. The number of hydrogen-bond donors (Lipinski definition) is 2. The summed E-state index contributed by atoms with van der Waals surface area (Å²) in [5.74, 6) is -0.0977. The van der Waals surface area contributed by atoms with Gasteiger partial charge in [-0.1, -0.05) is 0 Å². The lowest BCUT2D eigenvalue weighted by Gasteiger charge is -2.09. The van der Waals surface area contributed by atoms with Gasteiger partial charge in [0.25, 0.3) is 0 Å². The monoisotopic (exact) mass is 211 g/mol. The van der Waals surface area contributed by atoms with E-state index < -0.39 is 15.9 Å². The molecule has 6 heteroatoms.